The summed E-state index contributed by atoms with van der Waals surface area (Å²) in [6.45, 7) is -0.609. The first kappa shape index (κ1) is 13.7. The number of aliphatic hydroxyl groups is 1. The van der Waals surface area contributed by atoms with Gasteiger partial charge in [-0.3, -0.25) is 0 Å². The number of sulfonamides is 1. The zero-order chi connectivity index (χ0) is 13.9. The Labute approximate surface area is 108 Å². The first-order chi connectivity index (χ1) is 9.03. The number of nitrogens with zero attached hydrogens (tertiary/aromatic N) is 1. The molecule has 2 aromatic rings. The smallest absolute Gasteiger partial charge is 0.241 e. The lowest BCUT2D eigenvalue weighted by atomic mass is 10.2. The first-order valence-electron chi connectivity index (χ1n) is 5.31. The van der Waals surface area contributed by atoms with E-state index in [0.29, 0.717) is 5.76 Å². The molecule has 0 aliphatic rings. The fourth-order valence-electron chi connectivity index (χ4n) is 1.49. The van der Waals surface area contributed by atoms with Crippen molar-refractivity contribution in [1.82, 2.24) is 9.88 Å². The van der Waals surface area contributed by atoms with E-state index in [1.807, 2.05) is 0 Å². The van der Waals surface area contributed by atoms with Gasteiger partial charge in [0.25, 0.3) is 0 Å². The summed E-state index contributed by atoms with van der Waals surface area (Å²) in [5.41, 5.74) is 0.117. The highest BCUT2D eigenvalue weighted by molar-refractivity contribution is 7.89. The molecule has 19 heavy (non-hydrogen) atoms. The molecule has 0 radical (unpaired) electrons. The molecule has 0 aliphatic heterocycles. The van der Waals surface area contributed by atoms with E-state index < -0.39 is 22.4 Å². The van der Waals surface area contributed by atoms with Crippen molar-refractivity contribution >= 4 is 10.0 Å². The maximum atomic E-state index is 13.1. The van der Waals surface area contributed by atoms with Crippen molar-refractivity contribution in [3.63, 3.8) is 0 Å². The summed E-state index contributed by atoms with van der Waals surface area (Å²) in [4.78, 5) is -0.297. The van der Waals surface area contributed by atoms with Crippen LogP contribution >= 0.6 is 0 Å². The summed E-state index contributed by atoms with van der Waals surface area (Å²) in [6.07, 6.45) is 1.38. The van der Waals surface area contributed by atoms with E-state index in [0.717, 1.165) is 12.1 Å². The number of hydrogen-bond acceptors (Lipinski definition) is 5. The van der Waals surface area contributed by atoms with Crippen LogP contribution in [-0.4, -0.2) is 18.7 Å². The number of aromatic nitrogens is 1. The van der Waals surface area contributed by atoms with Crippen LogP contribution < -0.4 is 4.72 Å². The zero-order valence-corrected chi connectivity index (χ0v) is 10.5. The Balaban J connectivity index is 2.26. The van der Waals surface area contributed by atoms with Crippen molar-refractivity contribution in [2.45, 2.75) is 18.0 Å². The van der Waals surface area contributed by atoms with Crippen molar-refractivity contribution in [3.05, 3.63) is 47.6 Å². The van der Waals surface area contributed by atoms with Crippen LogP contribution in [0.4, 0.5) is 4.39 Å². The average molecular weight is 286 g/mol. The van der Waals surface area contributed by atoms with Crippen LogP contribution in [0.5, 0.6) is 0 Å². The minimum atomic E-state index is -3.94. The van der Waals surface area contributed by atoms with Gasteiger partial charge in [-0.05, 0) is 17.7 Å². The molecular weight excluding hydrogens is 275 g/mol. The van der Waals surface area contributed by atoms with Gasteiger partial charge in [-0.2, -0.15) is 0 Å². The van der Waals surface area contributed by atoms with Crippen molar-refractivity contribution in [3.8, 4) is 0 Å². The maximum absolute atomic E-state index is 13.1. The highest BCUT2D eigenvalue weighted by atomic mass is 32.2. The standard InChI is InChI=1S/C11H11FN2O4S/c12-9-2-1-8(7-15)11(5-9)19(16,17)14-6-10-3-4-13-18-10/h1-5,14-15H,6-7H2. The van der Waals surface area contributed by atoms with Crippen LogP contribution in [0.25, 0.3) is 0 Å². The number of nitrogens with one attached hydrogen (secondary N) is 1. The molecule has 0 saturated carbocycles. The molecule has 1 aromatic heterocycles. The van der Waals surface area contributed by atoms with Crippen molar-refractivity contribution in [2.75, 3.05) is 0 Å². The van der Waals surface area contributed by atoms with Gasteiger partial charge < -0.3 is 9.63 Å². The third kappa shape index (κ3) is 3.16. The lowest BCUT2D eigenvalue weighted by Crippen LogP contribution is -2.24. The van der Waals surface area contributed by atoms with Gasteiger partial charge in [0, 0.05) is 6.07 Å². The van der Waals surface area contributed by atoms with Gasteiger partial charge in [0.05, 0.1) is 24.2 Å². The molecule has 0 bridgehead atoms. The summed E-state index contributed by atoms with van der Waals surface area (Å²) < 4.78 is 44.1. The summed E-state index contributed by atoms with van der Waals surface area (Å²) in [5, 5.41) is 12.5. The number of hydrogen-bond donors (Lipinski definition) is 2. The van der Waals surface area contributed by atoms with Crippen LogP contribution in [0, 0.1) is 5.82 Å². The number of aliphatic hydroxyl groups excluding tert-OH is 1. The lowest BCUT2D eigenvalue weighted by Gasteiger charge is -2.09. The SMILES string of the molecule is O=S(=O)(NCc1ccno1)c1cc(F)ccc1CO. The van der Waals surface area contributed by atoms with Crippen molar-refractivity contribution < 1.29 is 22.4 Å². The number of benzene rings is 1. The number of halogens is 1. The second-order valence-corrected chi connectivity index (χ2v) is 5.45. The highest BCUT2D eigenvalue weighted by Gasteiger charge is 2.19. The quantitative estimate of drug-likeness (QED) is 0.847. The fourth-order valence-corrected chi connectivity index (χ4v) is 2.72. The van der Waals surface area contributed by atoms with Crippen LogP contribution in [-0.2, 0) is 23.2 Å². The van der Waals surface area contributed by atoms with E-state index in [1.165, 1.54) is 18.3 Å². The van der Waals surface area contributed by atoms with Gasteiger partial charge in [0.2, 0.25) is 10.0 Å². The molecule has 1 aromatic carbocycles. The van der Waals surface area contributed by atoms with Crippen LogP contribution in [0.1, 0.15) is 11.3 Å². The van der Waals surface area contributed by atoms with E-state index in [9.17, 15) is 12.8 Å². The molecule has 0 saturated heterocycles. The molecule has 0 amide bonds. The first-order valence-corrected chi connectivity index (χ1v) is 6.80. The van der Waals surface area contributed by atoms with Crippen LogP contribution in [0.15, 0.2) is 39.9 Å². The van der Waals surface area contributed by atoms with Gasteiger partial charge in [0.15, 0.2) is 5.76 Å². The van der Waals surface area contributed by atoms with Crippen molar-refractivity contribution in [1.29, 1.82) is 0 Å². The van der Waals surface area contributed by atoms with Gasteiger partial charge in [-0.1, -0.05) is 11.2 Å². The third-order valence-electron chi connectivity index (χ3n) is 2.42. The van der Waals surface area contributed by atoms with Gasteiger partial charge in [-0.25, -0.2) is 17.5 Å². The molecule has 2 rings (SSSR count). The average Bonchev–Trinajstić information content (AvgIpc) is 2.89. The molecule has 0 fully saturated rings. The summed E-state index contributed by atoms with van der Waals surface area (Å²) in [5.74, 6) is -0.372. The molecule has 0 unspecified atom stereocenters. The van der Waals surface area contributed by atoms with Crippen molar-refractivity contribution in [2.24, 2.45) is 0 Å². The number of rotatable bonds is 5. The Hall–Kier alpha value is -1.77. The topological polar surface area (TPSA) is 92.4 Å². The zero-order valence-electron chi connectivity index (χ0n) is 9.71. The van der Waals surface area contributed by atoms with E-state index in [4.69, 9.17) is 9.63 Å². The van der Waals surface area contributed by atoms with Gasteiger partial charge >= 0.3 is 0 Å². The van der Waals surface area contributed by atoms with Crippen LogP contribution in [0.2, 0.25) is 0 Å². The Bertz CT molecular complexity index is 655. The molecule has 0 aliphatic carbocycles. The minimum absolute atomic E-state index is 0.107. The minimum Gasteiger partial charge on any atom is -0.392 e. The third-order valence-corrected chi connectivity index (χ3v) is 3.90. The normalized spacial score (nSPS) is 11.7. The molecule has 8 heteroatoms. The van der Waals surface area contributed by atoms with E-state index in [1.54, 1.807) is 0 Å². The lowest BCUT2D eigenvalue weighted by molar-refractivity contribution is 0.278. The molecular formula is C11H11FN2O4S. The monoisotopic (exact) mass is 286 g/mol. The second-order valence-electron chi connectivity index (χ2n) is 3.71. The Kier molecular flexibility index (Phi) is 3.93. The van der Waals surface area contributed by atoms with Crippen LogP contribution in [0.3, 0.4) is 0 Å². The predicted octanol–water partition coefficient (Wildman–Crippen LogP) is 0.784. The van der Waals surface area contributed by atoms with E-state index >= 15 is 0 Å². The molecule has 6 nitrogen and oxygen atoms in total. The summed E-state index contributed by atoms with van der Waals surface area (Å²) in [7, 11) is -3.94. The van der Waals surface area contributed by atoms with Gasteiger partial charge in [-0.15, -0.1) is 0 Å². The van der Waals surface area contributed by atoms with Gasteiger partial charge in [0.1, 0.15) is 5.82 Å². The molecule has 2 N–H and O–H groups in total. The summed E-state index contributed by atoms with van der Waals surface area (Å²) in [6, 6.07) is 4.66. The summed E-state index contributed by atoms with van der Waals surface area (Å²) >= 11 is 0. The highest BCUT2D eigenvalue weighted by Crippen LogP contribution is 2.17. The Morgan fingerprint density at radius 3 is 2.79 bits per heavy atom. The molecule has 0 atom stereocenters. The second kappa shape index (κ2) is 5.47. The van der Waals surface area contributed by atoms with E-state index in [2.05, 4.69) is 9.88 Å². The Morgan fingerprint density at radius 2 is 2.16 bits per heavy atom. The predicted molar refractivity (Wildman–Crippen MR) is 62.9 cm³/mol. The fraction of sp³-hybridized carbons (Fsp3) is 0.182. The Morgan fingerprint density at radius 1 is 1.37 bits per heavy atom. The maximum Gasteiger partial charge on any atom is 0.241 e. The molecule has 102 valence electrons. The van der Waals surface area contributed by atoms with E-state index in [-0.39, 0.29) is 17.0 Å². The molecule has 0 spiro atoms. The molecule has 1 heterocycles. The largest absolute Gasteiger partial charge is 0.392 e.